The third-order valence-corrected chi connectivity index (χ3v) is 4.34. The van der Waals surface area contributed by atoms with E-state index in [1.165, 1.54) is 6.07 Å². The van der Waals surface area contributed by atoms with Crippen LogP contribution in [0.5, 0.6) is 5.75 Å². The van der Waals surface area contributed by atoms with Gasteiger partial charge in [-0.1, -0.05) is 18.2 Å². The Kier molecular flexibility index (Phi) is 5.70. The molecule has 0 unspecified atom stereocenters. The molecule has 0 saturated carbocycles. The quantitative estimate of drug-likeness (QED) is 0.544. The Morgan fingerprint density at radius 2 is 1.89 bits per heavy atom. The summed E-state index contributed by atoms with van der Waals surface area (Å²) in [5, 5.41) is 0. The van der Waals surface area contributed by atoms with E-state index in [9.17, 15) is 13.2 Å². The van der Waals surface area contributed by atoms with Crippen LogP contribution in [0.15, 0.2) is 42.5 Å². The molecule has 0 fully saturated rings. The van der Waals surface area contributed by atoms with Crippen LogP contribution in [0.2, 0.25) is 0 Å². The normalized spacial score (nSPS) is 11.9. The summed E-state index contributed by atoms with van der Waals surface area (Å²) in [5.41, 5.74) is 1.25. The number of ether oxygens (including phenoxy) is 2. The van der Waals surface area contributed by atoms with Crippen molar-refractivity contribution in [1.82, 2.24) is 9.55 Å². The lowest BCUT2D eigenvalue weighted by Gasteiger charge is -2.12. The lowest BCUT2D eigenvalue weighted by Crippen LogP contribution is -2.09. The Hall–Kier alpha value is -2.54. The van der Waals surface area contributed by atoms with Crippen LogP contribution in [0, 0.1) is 6.92 Å². The molecule has 0 amide bonds. The van der Waals surface area contributed by atoms with Crippen molar-refractivity contribution in [3.63, 3.8) is 0 Å². The first-order valence-electron chi connectivity index (χ1n) is 8.64. The molecule has 0 bridgehead atoms. The number of alkyl halides is 3. The van der Waals surface area contributed by atoms with E-state index >= 15 is 0 Å². The summed E-state index contributed by atoms with van der Waals surface area (Å²) in [6, 6.07) is 11.2. The summed E-state index contributed by atoms with van der Waals surface area (Å²) >= 11 is 0. The second kappa shape index (κ2) is 8.00. The van der Waals surface area contributed by atoms with Gasteiger partial charge >= 0.3 is 6.18 Å². The number of para-hydroxylation sites is 1. The Balaban J connectivity index is 1.93. The van der Waals surface area contributed by atoms with Gasteiger partial charge in [0.05, 0.1) is 16.6 Å². The highest BCUT2D eigenvalue weighted by atomic mass is 19.4. The third-order valence-electron chi connectivity index (χ3n) is 4.34. The number of hydrogen-bond donors (Lipinski definition) is 0. The lowest BCUT2D eigenvalue weighted by molar-refractivity contribution is -0.137. The van der Waals surface area contributed by atoms with E-state index in [0.29, 0.717) is 30.0 Å². The molecule has 0 radical (unpaired) electrons. The Labute approximate surface area is 155 Å². The van der Waals surface area contributed by atoms with Gasteiger partial charge in [0.15, 0.2) is 0 Å². The first-order valence-corrected chi connectivity index (χ1v) is 8.64. The average Bonchev–Trinajstić information content (AvgIpc) is 2.97. The maximum absolute atomic E-state index is 13.0. The molecule has 7 heteroatoms. The van der Waals surface area contributed by atoms with E-state index in [0.717, 1.165) is 29.9 Å². The molecule has 144 valence electrons. The SMILES string of the molecule is COCCCn1c(COc2ccccc2C)nc2cc(C(F)(F)F)ccc21. The number of aromatic nitrogens is 2. The van der Waals surface area contributed by atoms with Crippen LogP contribution in [-0.4, -0.2) is 23.3 Å². The number of rotatable bonds is 7. The Bertz CT molecular complexity index is 919. The summed E-state index contributed by atoms with van der Waals surface area (Å²) in [6.07, 6.45) is -3.67. The van der Waals surface area contributed by atoms with Gasteiger partial charge in [-0.2, -0.15) is 13.2 Å². The number of benzene rings is 2. The molecule has 1 aromatic heterocycles. The summed E-state index contributed by atoms with van der Waals surface area (Å²) in [4.78, 5) is 4.41. The molecule has 27 heavy (non-hydrogen) atoms. The van der Waals surface area contributed by atoms with Gasteiger partial charge in [-0.05, 0) is 43.2 Å². The fourth-order valence-corrected chi connectivity index (χ4v) is 2.94. The summed E-state index contributed by atoms with van der Waals surface area (Å²) in [5.74, 6) is 1.31. The highest BCUT2D eigenvalue weighted by Gasteiger charge is 2.31. The van der Waals surface area contributed by atoms with E-state index in [4.69, 9.17) is 9.47 Å². The molecule has 0 saturated heterocycles. The van der Waals surface area contributed by atoms with Gasteiger partial charge in [0.1, 0.15) is 18.2 Å². The molecule has 0 atom stereocenters. The van der Waals surface area contributed by atoms with Gasteiger partial charge in [0, 0.05) is 20.3 Å². The number of nitrogens with zero attached hydrogens (tertiary/aromatic N) is 2. The molecule has 3 aromatic rings. The first-order chi connectivity index (χ1) is 12.9. The smallest absolute Gasteiger partial charge is 0.416 e. The first kappa shape index (κ1) is 19.2. The zero-order valence-electron chi connectivity index (χ0n) is 15.2. The number of imidazole rings is 1. The van der Waals surface area contributed by atoms with Crippen LogP contribution in [0.1, 0.15) is 23.4 Å². The predicted molar refractivity (Wildman–Crippen MR) is 96.7 cm³/mol. The van der Waals surface area contributed by atoms with E-state index in [1.807, 2.05) is 35.8 Å². The maximum Gasteiger partial charge on any atom is 0.416 e. The Morgan fingerprint density at radius 1 is 1.11 bits per heavy atom. The van der Waals surface area contributed by atoms with Crippen molar-refractivity contribution in [2.45, 2.75) is 32.7 Å². The molecule has 4 nitrogen and oxygen atoms in total. The van der Waals surface area contributed by atoms with Gasteiger partial charge in [0.25, 0.3) is 0 Å². The molecule has 3 rings (SSSR count). The highest BCUT2D eigenvalue weighted by Crippen LogP contribution is 2.32. The molecular weight excluding hydrogens is 357 g/mol. The predicted octanol–water partition coefficient (Wildman–Crippen LogP) is 4.98. The fraction of sp³-hybridized carbons (Fsp3) is 0.350. The lowest BCUT2D eigenvalue weighted by atomic mass is 10.2. The van der Waals surface area contributed by atoms with Crippen molar-refractivity contribution in [2.24, 2.45) is 0 Å². The van der Waals surface area contributed by atoms with Crippen LogP contribution >= 0.6 is 0 Å². The van der Waals surface area contributed by atoms with Crippen LogP contribution in [0.3, 0.4) is 0 Å². The van der Waals surface area contributed by atoms with Crippen LogP contribution < -0.4 is 4.74 Å². The summed E-state index contributed by atoms with van der Waals surface area (Å²) in [6.45, 7) is 3.25. The van der Waals surface area contributed by atoms with Crippen molar-refractivity contribution in [1.29, 1.82) is 0 Å². The van der Waals surface area contributed by atoms with E-state index in [2.05, 4.69) is 4.98 Å². The van der Waals surface area contributed by atoms with Gasteiger partial charge in [0.2, 0.25) is 0 Å². The molecule has 0 spiro atoms. The van der Waals surface area contributed by atoms with Crippen molar-refractivity contribution in [3.05, 3.63) is 59.4 Å². The molecule has 0 aliphatic heterocycles. The second-order valence-electron chi connectivity index (χ2n) is 6.28. The fourth-order valence-electron chi connectivity index (χ4n) is 2.94. The Morgan fingerprint density at radius 3 is 2.59 bits per heavy atom. The summed E-state index contributed by atoms with van der Waals surface area (Å²) < 4.78 is 51.9. The second-order valence-corrected chi connectivity index (χ2v) is 6.28. The van der Waals surface area contributed by atoms with Crippen LogP contribution in [0.4, 0.5) is 13.2 Å². The van der Waals surface area contributed by atoms with Crippen molar-refractivity contribution < 1.29 is 22.6 Å². The van der Waals surface area contributed by atoms with Gasteiger partial charge in [-0.15, -0.1) is 0 Å². The summed E-state index contributed by atoms with van der Waals surface area (Å²) in [7, 11) is 1.61. The van der Waals surface area contributed by atoms with Crippen LogP contribution in [0.25, 0.3) is 11.0 Å². The number of hydrogen-bond acceptors (Lipinski definition) is 3. The zero-order valence-corrected chi connectivity index (χ0v) is 15.2. The topological polar surface area (TPSA) is 36.3 Å². The van der Waals surface area contributed by atoms with E-state index in [1.54, 1.807) is 7.11 Å². The molecule has 0 N–H and O–H groups in total. The minimum atomic E-state index is -4.40. The van der Waals surface area contributed by atoms with Crippen LogP contribution in [-0.2, 0) is 24.1 Å². The third kappa shape index (κ3) is 4.42. The van der Waals surface area contributed by atoms with Crippen molar-refractivity contribution in [2.75, 3.05) is 13.7 Å². The largest absolute Gasteiger partial charge is 0.485 e. The number of aryl methyl sites for hydroxylation is 2. The number of methoxy groups -OCH3 is 1. The molecule has 2 aromatic carbocycles. The van der Waals surface area contributed by atoms with E-state index < -0.39 is 11.7 Å². The molecule has 0 aliphatic carbocycles. The van der Waals surface area contributed by atoms with Gasteiger partial charge in [-0.25, -0.2) is 4.98 Å². The van der Waals surface area contributed by atoms with Gasteiger partial charge in [-0.3, -0.25) is 0 Å². The molecule has 1 heterocycles. The molecular formula is C20H21F3N2O2. The minimum Gasteiger partial charge on any atom is -0.485 e. The standard InChI is InChI=1S/C20H21F3N2O2/c1-14-6-3-4-7-18(14)27-13-19-24-16-12-15(20(21,22)23)8-9-17(16)25(19)10-5-11-26-2/h3-4,6-9,12H,5,10-11,13H2,1-2H3. The van der Waals surface area contributed by atoms with Gasteiger partial charge < -0.3 is 14.0 Å². The number of halogens is 3. The average molecular weight is 378 g/mol. The maximum atomic E-state index is 13.0. The molecule has 0 aliphatic rings. The zero-order chi connectivity index (χ0) is 19.4. The van der Waals surface area contributed by atoms with Crippen molar-refractivity contribution >= 4 is 11.0 Å². The highest BCUT2D eigenvalue weighted by molar-refractivity contribution is 5.77. The number of fused-ring (bicyclic) bond motifs is 1. The minimum absolute atomic E-state index is 0.174. The van der Waals surface area contributed by atoms with Crippen molar-refractivity contribution in [3.8, 4) is 5.75 Å². The monoisotopic (exact) mass is 378 g/mol. The van der Waals surface area contributed by atoms with E-state index in [-0.39, 0.29) is 6.61 Å².